The van der Waals surface area contributed by atoms with Crippen LogP contribution >= 0.6 is 11.6 Å². The molecule has 1 aliphatic rings. The highest BCUT2D eigenvalue weighted by Crippen LogP contribution is 2.01. The quantitative estimate of drug-likeness (QED) is 0.431. The molecule has 8 heavy (non-hydrogen) atoms. The zero-order chi connectivity index (χ0) is 5.82. The molecule has 0 saturated heterocycles. The molecule has 0 aliphatic carbocycles. The van der Waals surface area contributed by atoms with Gasteiger partial charge in [-0.1, -0.05) is 24.3 Å². The summed E-state index contributed by atoms with van der Waals surface area (Å²) in [5.74, 6) is 1.91. The Morgan fingerprint density at radius 1 is 1.25 bits per heavy atom. The Labute approximate surface area is 54.8 Å². The number of halogens is 1. The Morgan fingerprint density at radius 3 is 3.00 bits per heavy atom. The summed E-state index contributed by atoms with van der Waals surface area (Å²) < 4.78 is 0. The predicted molar refractivity (Wildman–Crippen MR) is 38.0 cm³/mol. The first-order valence-corrected chi connectivity index (χ1v) is 2.81. The average Bonchev–Trinajstić information content (AvgIpc) is 1.94. The lowest BCUT2D eigenvalue weighted by Crippen LogP contribution is -1.80. The third-order valence-corrected chi connectivity index (χ3v) is 1.10. The van der Waals surface area contributed by atoms with Crippen LogP contribution < -0.4 is 0 Å². The fourth-order valence-corrected chi connectivity index (χ4v) is 0.624. The Kier molecular flexibility index (Phi) is 1.98. The minimum Gasteiger partial charge on any atom is -0.115 e. The molecule has 0 aromatic heterocycles. The van der Waals surface area contributed by atoms with Crippen LogP contribution in [0, 0.1) is 0 Å². The second-order valence-electron chi connectivity index (χ2n) is 1.49. The monoisotopic (exact) mass is 123 g/mol. The van der Waals surface area contributed by atoms with Crippen molar-refractivity contribution >= 4 is 18.9 Å². The van der Waals surface area contributed by atoms with E-state index in [9.17, 15) is 0 Å². The Hall–Kier alpha value is -0.425. The van der Waals surface area contributed by atoms with Crippen LogP contribution in [0.4, 0.5) is 0 Å². The largest absolute Gasteiger partial charge is 0.197 e. The van der Waals surface area contributed by atoms with E-state index in [2.05, 4.69) is 0 Å². The maximum absolute atomic E-state index is 5.62. The Balaban J connectivity index is 2.69. The van der Waals surface area contributed by atoms with Crippen molar-refractivity contribution in [2.45, 2.75) is 0 Å². The van der Waals surface area contributed by atoms with Gasteiger partial charge in [-0.2, -0.15) is 0 Å². The number of hydrogen-bond donors (Lipinski definition) is 0. The molecule has 0 aromatic carbocycles. The average molecular weight is 123 g/mol. The summed E-state index contributed by atoms with van der Waals surface area (Å²) in [6.45, 7) is 0. The molecule has 39 valence electrons. The van der Waals surface area contributed by atoms with Crippen LogP contribution in [0.1, 0.15) is 0 Å². The third kappa shape index (κ3) is 1.59. The SMILES string of the molecule is ClC1=CC=CC=C[B]1. The zero-order valence-corrected chi connectivity index (χ0v) is 5.10. The van der Waals surface area contributed by atoms with Crippen LogP contribution in [0.15, 0.2) is 35.2 Å². The molecule has 0 bridgehead atoms. The van der Waals surface area contributed by atoms with Crippen molar-refractivity contribution in [1.82, 2.24) is 0 Å². The smallest absolute Gasteiger partial charge is 0.115 e. The first kappa shape index (κ1) is 5.71. The van der Waals surface area contributed by atoms with E-state index in [4.69, 9.17) is 11.6 Å². The van der Waals surface area contributed by atoms with Gasteiger partial charge in [-0.15, -0.1) is 17.6 Å². The summed E-state index contributed by atoms with van der Waals surface area (Å²) in [6.07, 6.45) is 7.63. The number of hydrogen-bond acceptors (Lipinski definition) is 0. The lowest BCUT2D eigenvalue weighted by atomic mass is 9.78. The molecule has 2 heteroatoms. The van der Waals surface area contributed by atoms with Crippen molar-refractivity contribution in [2.75, 3.05) is 0 Å². The van der Waals surface area contributed by atoms with Gasteiger partial charge in [0.1, 0.15) is 0 Å². The summed E-state index contributed by atoms with van der Waals surface area (Å²) in [4.78, 5) is 0.773. The Morgan fingerprint density at radius 2 is 2.12 bits per heavy atom. The molecule has 1 radical (unpaired) electrons. The molecule has 1 rings (SSSR count). The van der Waals surface area contributed by atoms with Crippen LogP contribution in [0.3, 0.4) is 0 Å². The molecule has 0 atom stereocenters. The lowest BCUT2D eigenvalue weighted by molar-refractivity contribution is 1.96. The number of rotatable bonds is 0. The second kappa shape index (κ2) is 2.78. The fourth-order valence-electron chi connectivity index (χ4n) is 0.479. The first-order valence-electron chi connectivity index (χ1n) is 2.43. The molecule has 0 aromatic rings. The molecular weight excluding hydrogens is 118 g/mol. The van der Waals surface area contributed by atoms with Crippen LogP contribution in [-0.2, 0) is 0 Å². The standard InChI is InChI=1S/C6H5BCl/c8-6-4-2-1-3-5-7-6/h1-5H. The Bertz CT molecular complexity index is 156. The third-order valence-electron chi connectivity index (χ3n) is 0.844. The molecule has 0 spiro atoms. The van der Waals surface area contributed by atoms with Gasteiger partial charge in [-0.25, -0.2) is 0 Å². The summed E-state index contributed by atoms with van der Waals surface area (Å²) in [7, 11) is 1.85. The molecular formula is C6H5BCl. The van der Waals surface area contributed by atoms with E-state index in [0.29, 0.717) is 0 Å². The molecule has 1 heterocycles. The minimum absolute atomic E-state index is 0.773. The van der Waals surface area contributed by atoms with Gasteiger partial charge in [-0.05, 0) is 4.93 Å². The zero-order valence-electron chi connectivity index (χ0n) is 4.34. The molecule has 0 unspecified atom stereocenters. The lowest BCUT2D eigenvalue weighted by Gasteiger charge is -1.81. The van der Waals surface area contributed by atoms with Crippen molar-refractivity contribution in [3.63, 3.8) is 0 Å². The highest BCUT2D eigenvalue weighted by Gasteiger charge is 1.88. The summed E-state index contributed by atoms with van der Waals surface area (Å²) in [5.41, 5.74) is 0. The van der Waals surface area contributed by atoms with Gasteiger partial charge in [-0.3, -0.25) is 0 Å². The molecule has 0 saturated carbocycles. The van der Waals surface area contributed by atoms with Gasteiger partial charge in [0.2, 0.25) is 0 Å². The summed E-state index contributed by atoms with van der Waals surface area (Å²) in [5, 5.41) is 0. The summed E-state index contributed by atoms with van der Waals surface area (Å²) >= 11 is 5.62. The van der Waals surface area contributed by atoms with Gasteiger partial charge in [0, 0.05) is 0 Å². The van der Waals surface area contributed by atoms with Gasteiger partial charge in [0.05, 0.1) is 0 Å². The van der Waals surface area contributed by atoms with Crippen molar-refractivity contribution in [3.8, 4) is 0 Å². The van der Waals surface area contributed by atoms with E-state index in [0.717, 1.165) is 4.93 Å². The molecule has 0 N–H and O–H groups in total. The van der Waals surface area contributed by atoms with Crippen molar-refractivity contribution in [3.05, 3.63) is 35.2 Å². The van der Waals surface area contributed by atoms with Crippen LogP contribution in [0.25, 0.3) is 0 Å². The van der Waals surface area contributed by atoms with Crippen molar-refractivity contribution < 1.29 is 0 Å². The van der Waals surface area contributed by atoms with Gasteiger partial charge in [0.25, 0.3) is 0 Å². The molecule has 1 aliphatic heterocycles. The van der Waals surface area contributed by atoms with E-state index in [-0.39, 0.29) is 0 Å². The highest BCUT2D eigenvalue weighted by atomic mass is 35.5. The first-order chi connectivity index (χ1) is 3.89. The van der Waals surface area contributed by atoms with E-state index in [1.165, 1.54) is 0 Å². The predicted octanol–water partition coefficient (Wildman–Crippen LogP) is 1.85. The van der Waals surface area contributed by atoms with Gasteiger partial charge >= 0.3 is 0 Å². The van der Waals surface area contributed by atoms with E-state index < -0.39 is 0 Å². The summed E-state index contributed by atoms with van der Waals surface area (Å²) in [6, 6.07) is 0. The molecule has 0 amide bonds. The van der Waals surface area contributed by atoms with Crippen LogP contribution in [0.2, 0.25) is 0 Å². The van der Waals surface area contributed by atoms with E-state index in [1.54, 1.807) is 0 Å². The maximum atomic E-state index is 5.62. The maximum Gasteiger partial charge on any atom is 0.197 e. The van der Waals surface area contributed by atoms with Gasteiger partial charge in [0.15, 0.2) is 7.28 Å². The van der Waals surface area contributed by atoms with Crippen LogP contribution in [0.5, 0.6) is 0 Å². The van der Waals surface area contributed by atoms with E-state index >= 15 is 0 Å². The van der Waals surface area contributed by atoms with Gasteiger partial charge < -0.3 is 0 Å². The fraction of sp³-hybridized carbons (Fsp3) is 0. The van der Waals surface area contributed by atoms with Crippen molar-refractivity contribution in [1.29, 1.82) is 0 Å². The normalized spacial score (nSPS) is 16.9. The van der Waals surface area contributed by atoms with Crippen LogP contribution in [-0.4, -0.2) is 7.28 Å². The minimum atomic E-state index is 0.773. The highest BCUT2D eigenvalue weighted by molar-refractivity contribution is 6.67. The number of allylic oxidation sites excluding steroid dienone is 4. The van der Waals surface area contributed by atoms with Crippen molar-refractivity contribution in [2.24, 2.45) is 0 Å². The molecule has 0 nitrogen and oxygen atoms in total. The topological polar surface area (TPSA) is 0 Å². The van der Waals surface area contributed by atoms with E-state index in [1.807, 2.05) is 37.6 Å². The molecule has 0 fully saturated rings. The second-order valence-corrected chi connectivity index (χ2v) is 1.92.